The molecular weight excluding hydrogens is 382 g/mol. The Hall–Kier alpha value is -2.95. The highest BCUT2D eigenvalue weighted by molar-refractivity contribution is 7.89. The Morgan fingerprint density at radius 1 is 1.21 bits per heavy atom. The highest BCUT2D eigenvalue weighted by atomic mass is 32.2. The Morgan fingerprint density at radius 2 is 1.82 bits per heavy atom. The molecule has 0 fully saturated rings. The molecule has 0 aliphatic rings. The van der Waals surface area contributed by atoms with Crippen molar-refractivity contribution < 1.29 is 18.3 Å². The second kappa shape index (κ2) is 8.38. The number of sulfonamides is 1. The number of carbonyl (C=O) groups is 1. The summed E-state index contributed by atoms with van der Waals surface area (Å²) in [6, 6.07) is 11.2. The third kappa shape index (κ3) is 4.66. The van der Waals surface area contributed by atoms with E-state index in [4.69, 9.17) is 21.8 Å². The Labute approximate surface area is 163 Å². The van der Waals surface area contributed by atoms with Crippen LogP contribution in [0.2, 0.25) is 0 Å². The van der Waals surface area contributed by atoms with Crippen LogP contribution < -0.4 is 16.7 Å². The Morgan fingerprint density at radius 3 is 2.32 bits per heavy atom. The lowest BCUT2D eigenvalue weighted by Gasteiger charge is -2.21. The maximum atomic E-state index is 11.9. The van der Waals surface area contributed by atoms with Crippen molar-refractivity contribution in [3.05, 3.63) is 53.6 Å². The number of rotatable bonds is 7. The summed E-state index contributed by atoms with van der Waals surface area (Å²) in [6.07, 6.45) is 0. The van der Waals surface area contributed by atoms with E-state index >= 15 is 0 Å². The van der Waals surface area contributed by atoms with Gasteiger partial charge in [-0.25, -0.2) is 13.6 Å². The molecule has 0 heterocycles. The van der Waals surface area contributed by atoms with Crippen LogP contribution in [0.25, 0.3) is 11.1 Å². The quantitative estimate of drug-likeness (QED) is 0.225. The van der Waals surface area contributed by atoms with Crippen LogP contribution >= 0.6 is 0 Å². The zero-order chi connectivity index (χ0) is 21.1. The van der Waals surface area contributed by atoms with Gasteiger partial charge in [0.05, 0.1) is 4.90 Å². The SMILES string of the molecule is CC(C(=O)O)N(C)Cc1ccc(-c2cccc(S(N)(=O)=O)c2/C(N)=N/N)cc1. The van der Waals surface area contributed by atoms with Gasteiger partial charge in [-0.05, 0) is 36.7 Å². The minimum Gasteiger partial charge on any atom is -0.480 e. The molecule has 1 atom stereocenters. The summed E-state index contributed by atoms with van der Waals surface area (Å²) in [4.78, 5) is 12.6. The zero-order valence-corrected chi connectivity index (χ0v) is 16.3. The predicted molar refractivity (Wildman–Crippen MR) is 107 cm³/mol. The molecule has 0 radical (unpaired) electrons. The van der Waals surface area contributed by atoms with Crippen molar-refractivity contribution in [3.8, 4) is 11.1 Å². The van der Waals surface area contributed by atoms with Crippen molar-refractivity contribution in [2.24, 2.45) is 21.8 Å². The minimum atomic E-state index is -4.04. The number of aliphatic carboxylic acids is 1. The average molecular weight is 405 g/mol. The molecule has 10 heteroatoms. The van der Waals surface area contributed by atoms with Crippen LogP contribution in [0.4, 0.5) is 0 Å². The molecule has 0 aliphatic carbocycles. The molecule has 2 rings (SSSR count). The van der Waals surface area contributed by atoms with Gasteiger partial charge in [-0.1, -0.05) is 36.4 Å². The van der Waals surface area contributed by atoms with Crippen molar-refractivity contribution in [2.45, 2.75) is 24.4 Å². The topological polar surface area (TPSA) is 165 Å². The van der Waals surface area contributed by atoms with Gasteiger partial charge in [0.25, 0.3) is 0 Å². The molecule has 28 heavy (non-hydrogen) atoms. The number of amidine groups is 1. The van der Waals surface area contributed by atoms with Gasteiger partial charge in [0, 0.05) is 12.1 Å². The van der Waals surface area contributed by atoms with E-state index in [9.17, 15) is 13.2 Å². The maximum Gasteiger partial charge on any atom is 0.320 e. The smallest absolute Gasteiger partial charge is 0.320 e. The number of hydrogen-bond acceptors (Lipinski definition) is 6. The van der Waals surface area contributed by atoms with Crippen molar-refractivity contribution in [1.82, 2.24) is 4.90 Å². The molecule has 0 amide bonds. The van der Waals surface area contributed by atoms with E-state index in [1.54, 1.807) is 43.1 Å². The summed E-state index contributed by atoms with van der Waals surface area (Å²) < 4.78 is 23.8. The summed E-state index contributed by atoms with van der Waals surface area (Å²) in [5.41, 5.74) is 8.05. The van der Waals surface area contributed by atoms with Crippen LogP contribution in [0.15, 0.2) is 52.5 Å². The van der Waals surface area contributed by atoms with Crippen molar-refractivity contribution in [1.29, 1.82) is 0 Å². The molecule has 0 aliphatic heterocycles. The first-order valence-electron chi connectivity index (χ1n) is 8.28. The maximum absolute atomic E-state index is 11.9. The molecule has 0 bridgehead atoms. The Kier molecular flexibility index (Phi) is 6.39. The van der Waals surface area contributed by atoms with Crippen molar-refractivity contribution in [2.75, 3.05) is 7.05 Å². The van der Waals surface area contributed by atoms with Gasteiger partial charge in [0.2, 0.25) is 10.0 Å². The monoisotopic (exact) mass is 405 g/mol. The molecule has 0 spiro atoms. The number of likely N-dealkylation sites (N-methyl/N-ethyl adjacent to an activating group) is 1. The molecule has 0 saturated carbocycles. The van der Waals surface area contributed by atoms with E-state index in [1.807, 2.05) is 12.1 Å². The number of hydrogen-bond donors (Lipinski definition) is 4. The van der Waals surface area contributed by atoms with Crippen LogP contribution in [-0.4, -0.2) is 43.3 Å². The van der Waals surface area contributed by atoms with Crippen LogP contribution in [0, 0.1) is 0 Å². The molecular formula is C18H23N5O4S. The number of primary sulfonamides is 1. The van der Waals surface area contributed by atoms with Gasteiger partial charge in [0.1, 0.15) is 6.04 Å². The summed E-state index contributed by atoms with van der Waals surface area (Å²) in [5, 5.41) is 17.8. The second-order valence-corrected chi connectivity index (χ2v) is 7.89. The van der Waals surface area contributed by atoms with Crippen molar-refractivity contribution in [3.63, 3.8) is 0 Å². The number of benzene rings is 2. The van der Waals surface area contributed by atoms with E-state index in [0.29, 0.717) is 17.7 Å². The van der Waals surface area contributed by atoms with E-state index in [0.717, 1.165) is 5.56 Å². The molecule has 1 unspecified atom stereocenters. The minimum absolute atomic E-state index is 0.136. The number of nitrogens with two attached hydrogens (primary N) is 3. The van der Waals surface area contributed by atoms with Gasteiger partial charge < -0.3 is 16.7 Å². The van der Waals surface area contributed by atoms with E-state index < -0.39 is 22.0 Å². The van der Waals surface area contributed by atoms with Gasteiger partial charge in [-0.15, -0.1) is 0 Å². The molecule has 2 aromatic rings. The largest absolute Gasteiger partial charge is 0.480 e. The second-order valence-electron chi connectivity index (χ2n) is 6.36. The molecule has 9 nitrogen and oxygen atoms in total. The lowest BCUT2D eigenvalue weighted by atomic mass is 9.98. The molecule has 7 N–H and O–H groups in total. The summed E-state index contributed by atoms with van der Waals surface area (Å²) >= 11 is 0. The first kappa shape index (κ1) is 21.4. The first-order chi connectivity index (χ1) is 13.1. The fourth-order valence-electron chi connectivity index (χ4n) is 2.74. The zero-order valence-electron chi connectivity index (χ0n) is 15.5. The normalized spacial score (nSPS) is 13.5. The number of carboxylic acids is 1. The first-order valence-corrected chi connectivity index (χ1v) is 9.82. The molecule has 0 saturated heterocycles. The molecule has 2 aromatic carbocycles. The predicted octanol–water partition coefficient (Wildman–Crippen LogP) is 0.485. The van der Waals surface area contributed by atoms with Crippen LogP contribution in [0.3, 0.4) is 0 Å². The van der Waals surface area contributed by atoms with E-state index in [2.05, 4.69) is 5.10 Å². The lowest BCUT2D eigenvalue weighted by molar-refractivity contribution is -0.142. The lowest BCUT2D eigenvalue weighted by Crippen LogP contribution is -2.35. The fourth-order valence-corrected chi connectivity index (χ4v) is 3.51. The Bertz CT molecular complexity index is 1000. The standard InChI is InChI=1S/C18H23N5O4S/c1-11(18(24)25)23(2)10-12-6-8-13(9-7-12)14-4-3-5-15(28(21,26)27)16(14)17(19)22-20/h3-9,11H,10,20H2,1-2H3,(H2,19,22)(H,24,25)(H2,21,26,27). The van der Waals surface area contributed by atoms with Crippen molar-refractivity contribution >= 4 is 21.8 Å². The highest BCUT2D eigenvalue weighted by Crippen LogP contribution is 2.28. The average Bonchev–Trinajstić information content (AvgIpc) is 2.65. The van der Waals surface area contributed by atoms with Gasteiger partial charge in [0.15, 0.2) is 5.84 Å². The summed E-state index contributed by atoms with van der Waals surface area (Å²) in [5.74, 6) is 4.21. The van der Waals surface area contributed by atoms with Gasteiger partial charge in [-0.2, -0.15) is 5.10 Å². The Balaban J connectivity index is 2.45. The number of hydrazone groups is 1. The molecule has 0 aromatic heterocycles. The third-order valence-electron chi connectivity index (χ3n) is 4.44. The number of carboxylic acid groups (broad SMARTS) is 1. The van der Waals surface area contributed by atoms with Crippen LogP contribution in [0.1, 0.15) is 18.1 Å². The van der Waals surface area contributed by atoms with Gasteiger partial charge >= 0.3 is 5.97 Å². The number of nitrogens with zero attached hydrogens (tertiary/aromatic N) is 2. The highest BCUT2D eigenvalue weighted by Gasteiger charge is 2.21. The third-order valence-corrected chi connectivity index (χ3v) is 5.40. The van der Waals surface area contributed by atoms with E-state index in [1.165, 1.54) is 6.07 Å². The van der Waals surface area contributed by atoms with Crippen LogP contribution in [0.5, 0.6) is 0 Å². The van der Waals surface area contributed by atoms with E-state index in [-0.39, 0.29) is 16.3 Å². The fraction of sp³-hybridized carbons (Fsp3) is 0.222. The summed E-state index contributed by atoms with van der Waals surface area (Å²) in [7, 11) is -2.32. The summed E-state index contributed by atoms with van der Waals surface area (Å²) in [6.45, 7) is 2.04. The van der Waals surface area contributed by atoms with Gasteiger partial charge in [-0.3, -0.25) is 9.69 Å². The van der Waals surface area contributed by atoms with Crippen LogP contribution in [-0.2, 0) is 21.4 Å². The molecule has 150 valence electrons.